The molecule has 0 atom stereocenters. The maximum absolute atomic E-state index is 11.0. The van der Waals surface area contributed by atoms with Crippen molar-refractivity contribution >= 4 is 17.4 Å². The third-order valence-corrected chi connectivity index (χ3v) is 3.33. The quantitative estimate of drug-likeness (QED) is 0.768. The van der Waals surface area contributed by atoms with E-state index in [0.29, 0.717) is 11.5 Å². The van der Waals surface area contributed by atoms with Crippen molar-refractivity contribution < 1.29 is 14.3 Å². The number of hydrogen-bond donors (Lipinski definition) is 2. The van der Waals surface area contributed by atoms with Gasteiger partial charge in [-0.3, -0.25) is 4.40 Å². The number of pyridine rings is 1. The summed E-state index contributed by atoms with van der Waals surface area (Å²) in [5.74, 6) is 0.00502. The molecule has 3 aromatic rings. The van der Waals surface area contributed by atoms with Gasteiger partial charge in [-0.25, -0.2) is 9.78 Å². The number of aromatic carboxylic acids is 1. The van der Waals surface area contributed by atoms with Crippen LogP contribution in [0.4, 0.5) is 5.82 Å². The molecule has 0 spiro atoms. The van der Waals surface area contributed by atoms with E-state index in [1.165, 1.54) is 6.07 Å². The van der Waals surface area contributed by atoms with Crippen LogP contribution in [0.25, 0.3) is 17.1 Å². The van der Waals surface area contributed by atoms with Gasteiger partial charge in [-0.2, -0.15) is 0 Å². The van der Waals surface area contributed by atoms with Crippen LogP contribution in [0.15, 0.2) is 34.9 Å². The Bertz CT molecular complexity index is 884. The maximum atomic E-state index is 11.0. The lowest BCUT2D eigenvalue weighted by Gasteiger charge is -2.22. The standard InChI is InChI=1S/C17H19N3O3/c1-10-7-8-20-13(9-10)18-14(15(20)19-17(2,3)4)11-5-6-12(23-11)16(21)22/h5-9,19H,1-4H3,(H,21,22). The van der Waals surface area contributed by atoms with Crippen molar-refractivity contribution in [3.8, 4) is 11.5 Å². The maximum Gasteiger partial charge on any atom is 0.371 e. The number of aromatic nitrogens is 2. The summed E-state index contributed by atoms with van der Waals surface area (Å²) in [6.07, 6.45) is 1.94. The molecule has 0 aliphatic carbocycles. The average molecular weight is 313 g/mol. The normalized spacial score (nSPS) is 11.8. The minimum absolute atomic E-state index is 0.102. The molecule has 0 amide bonds. The fraction of sp³-hybridized carbons (Fsp3) is 0.294. The van der Waals surface area contributed by atoms with Gasteiger partial charge < -0.3 is 14.8 Å². The lowest BCUT2D eigenvalue weighted by atomic mass is 10.1. The first kappa shape index (κ1) is 15.1. The highest BCUT2D eigenvalue weighted by atomic mass is 16.4. The summed E-state index contributed by atoms with van der Waals surface area (Å²) in [7, 11) is 0. The molecule has 120 valence electrons. The number of fused-ring (bicyclic) bond motifs is 1. The molecule has 3 aromatic heterocycles. The van der Waals surface area contributed by atoms with Gasteiger partial charge in [-0.15, -0.1) is 0 Å². The van der Waals surface area contributed by atoms with Crippen LogP contribution in [-0.2, 0) is 0 Å². The number of hydrogen-bond acceptors (Lipinski definition) is 4. The number of carboxylic acids is 1. The van der Waals surface area contributed by atoms with Crippen molar-refractivity contribution in [2.45, 2.75) is 33.2 Å². The Morgan fingerprint density at radius 1 is 1.30 bits per heavy atom. The van der Waals surface area contributed by atoms with Gasteiger partial charge in [0, 0.05) is 11.7 Å². The van der Waals surface area contributed by atoms with Gasteiger partial charge in [0.1, 0.15) is 17.2 Å². The Labute approximate surface area is 133 Å². The number of carboxylic acid groups (broad SMARTS) is 1. The molecule has 0 aliphatic heterocycles. The molecule has 0 radical (unpaired) electrons. The average Bonchev–Trinajstić information content (AvgIpc) is 3.02. The fourth-order valence-corrected chi connectivity index (χ4v) is 2.37. The minimum atomic E-state index is -1.10. The molecule has 3 heterocycles. The van der Waals surface area contributed by atoms with Crippen LogP contribution in [0.5, 0.6) is 0 Å². The molecule has 2 N–H and O–H groups in total. The molecule has 0 fully saturated rings. The lowest BCUT2D eigenvalue weighted by Crippen LogP contribution is -2.27. The van der Waals surface area contributed by atoms with Crippen molar-refractivity contribution in [1.82, 2.24) is 9.38 Å². The third kappa shape index (κ3) is 2.92. The Hall–Kier alpha value is -2.76. The number of carbonyl (C=O) groups is 1. The first-order valence-electron chi connectivity index (χ1n) is 7.35. The number of nitrogens with zero attached hydrogens (tertiary/aromatic N) is 2. The van der Waals surface area contributed by atoms with Gasteiger partial charge in [0.15, 0.2) is 5.76 Å². The first-order valence-corrected chi connectivity index (χ1v) is 7.35. The first-order chi connectivity index (χ1) is 10.7. The second kappa shape index (κ2) is 5.15. The van der Waals surface area contributed by atoms with Gasteiger partial charge in [-0.05, 0) is 57.5 Å². The summed E-state index contributed by atoms with van der Waals surface area (Å²) < 4.78 is 7.37. The molecule has 0 aromatic carbocycles. The van der Waals surface area contributed by atoms with E-state index in [1.807, 2.05) is 29.7 Å². The highest BCUT2D eigenvalue weighted by molar-refractivity contribution is 5.86. The molecule has 0 unspecified atom stereocenters. The topological polar surface area (TPSA) is 79.8 Å². The number of nitrogens with one attached hydrogen (secondary N) is 1. The van der Waals surface area contributed by atoms with E-state index in [4.69, 9.17) is 9.52 Å². The number of anilines is 1. The summed E-state index contributed by atoms with van der Waals surface area (Å²) in [5, 5.41) is 12.5. The minimum Gasteiger partial charge on any atom is -0.475 e. The van der Waals surface area contributed by atoms with Crippen molar-refractivity contribution in [3.05, 3.63) is 41.8 Å². The molecular formula is C17H19N3O3. The molecule has 23 heavy (non-hydrogen) atoms. The molecule has 0 saturated heterocycles. The SMILES string of the molecule is Cc1ccn2c(NC(C)(C)C)c(-c3ccc(C(=O)O)o3)nc2c1. The predicted octanol–water partition coefficient (Wildman–Crippen LogP) is 3.81. The van der Waals surface area contributed by atoms with Crippen LogP contribution >= 0.6 is 0 Å². The molecule has 0 bridgehead atoms. The zero-order valence-electron chi connectivity index (χ0n) is 13.5. The van der Waals surface area contributed by atoms with E-state index in [0.717, 1.165) is 17.0 Å². The summed E-state index contributed by atoms with van der Waals surface area (Å²) in [4.78, 5) is 15.7. The fourth-order valence-electron chi connectivity index (χ4n) is 2.37. The molecule has 6 heteroatoms. The van der Waals surface area contributed by atoms with Crippen molar-refractivity contribution in [1.29, 1.82) is 0 Å². The van der Waals surface area contributed by atoms with Crippen LogP contribution in [0.2, 0.25) is 0 Å². The molecule has 3 rings (SSSR count). The summed E-state index contributed by atoms with van der Waals surface area (Å²) in [5.41, 5.74) is 2.29. The molecule has 0 saturated carbocycles. The highest BCUT2D eigenvalue weighted by Crippen LogP contribution is 2.32. The van der Waals surface area contributed by atoms with E-state index in [1.54, 1.807) is 6.07 Å². The lowest BCUT2D eigenvalue weighted by molar-refractivity contribution is 0.0663. The van der Waals surface area contributed by atoms with Crippen LogP contribution in [0.3, 0.4) is 0 Å². The molecule has 0 aliphatic rings. The highest BCUT2D eigenvalue weighted by Gasteiger charge is 2.22. The van der Waals surface area contributed by atoms with E-state index in [2.05, 4.69) is 31.1 Å². The van der Waals surface area contributed by atoms with E-state index in [-0.39, 0.29) is 11.3 Å². The van der Waals surface area contributed by atoms with Gasteiger partial charge in [0.2, 0.25) is 5.76 Å². The van der Waals surface area contributed by atoms with Crippen molar-refractivity contribution in [2.75, 3.05) is 5.32 Å². The number of imidazole rings is 1. The Morgan fingerprint density at radius 2 is 2.04 bits per heavy atom. The summed E-state index contributed by atoms with van der Waals surface area (Å²) in [6, 6.07) is 7.04. The second-order valence-corrected chi connectivity index (χ2v) is 6.59. The predicted molar refractivity (Wildman–Crippen MR) is 88.0 cm³/mol. The summed E-state index contributed by atoms with van der Waals surface area (Å²) in [6.45, 7) is 8.15. The van der Waals surface area contributed by atoms with Crippen LogP contribution < -0.4 is 5.32 Å². The van der Waals surface area contributed by atoms with Gasteiger partial charge in [-0.1, -0.05) is 0 Å². The van der Waals surface area contributed by atoms with Gasteiger partial charge in [0.05, 0.1) is 0 Å². The number of furan rings is 1. The Balaban J connectivity index is 2.21. The van der Waals surface area contributed by atoms with Crippen LogP contribution in [0, 0.1) is 6.92 Å². The monoisotopic (exact) mass is 313 g/mol. The van der Waals surface area contributed by atoms with E-state index in [9.17, 15) is 4.79 Å². The summed E-state index contributed by atoms with van der Waals surface area (Å²) >= 11 is 0. The van der Waals surface area contributed by atoms with E-state index >= 15 is 0 Å². The zero-order chi connectivity index (χ0) is 16.8. The molecular weight excluding hydrogens is 294 g/mol. The van der Waals surface area contributed by atoms with Crippen LogP contribution in [0.1, 0.15) is 36.9 Å². The third-order valence-electron chi connectivity index (χ3n) is 3.33. The number of rotatable bonds is 3. The van der Waals surface area contributed by atoms with Gasteiger partial charge in [0.25, 0.3) is 0 Å². The second-order valence-electron chi connectivity index (χ2n) is 6.59. The van der Waals surface area contributed by atoms with Crippen molar-refractivity contribution in [2.24, 2.45) is 0 Å². The zero-order valence-corrected chi connectivity index (χ0v) is 13.5. The Morgan fingerprint density at radius 3 is 2.65 bits per heavy atom. The largest absolute Gasteiger partial charge is 0.475 e. The van der Waals surface area contributed by atoms with E-state index < -0.39 is 5.97 Å². The van der Waals surface area contributed by atoms with Gasteiger partial charge >= 0.3 is 5.97 Å². The van der Waals surface area contributed by atoms with Crippen LogP contribution in [-0.4, -0.2) is 26.0 Å². The van der Waals surface area contributed by atoms with Crippen molar-refractivity contribution in [3.63, 3.8) is 0 Å². The number of aryl methyl sites for hydroxylation is 1. The smallest absolute Gasteiger partial charge is 0.371 e. The Kier molecular flexibility index (Phi) is 3.39. The molecule has 6 nitrogen and oxygen atoms in total.